The number of methoxy groups -OCH3 is 1. The zero-order valence-electron chi connectivity index (χ0n) is 11.7. The van der Waals surface area contributed by atoms with Gasteiger partial charge in [0.15, 0.2) is 11.5 Å². The van der Waals surface area contributed by atoms with Gasteiger partial charge >= 0.3 is 5.97 Å². The van der Waals surface area contributed by atoms with E-state index in [1.165, 1.54) is 13.4 Å². The number of benzene rings is 1. The Hall–Kier alpha value is -3.29. The molecule has 0 bridgehead atoms. The molecule has 3 rings (SSSR count). The van der Waals surface area contributed by atoms with Crippen LogP contribution in [-0.2, 0) is 4.74 Å². The van der Waals surface area contributed by atoms with Gasteiger partial charge in [0.1, 0.15) is 6.33 Å². The van der Waals surface area contributed by atoms with E-state index < -0.39 is 0 Å². The first-order valence-corrected chi connectivity index (χ1v) is 6.41. The first kappa shape index (κ1) is 13.7. The molecule has 0 spiro atoms. The average Bonchev–Trinajstić information content (AvgIpc) is 3.02. The zero-order valence-corrected chi connectivity index (χ0v) is 11.7. The number of aromatic nitrogens is 4. The van der Waals surface area contributed by atoms with Crippen molar-refractivity contribution < 1.29 is 9.53 Å². The number of fused-ring (bicyclic) bond motifs is 1. The molecule has 1 aromatic carbocycles. The molecular weight excluding hydrogens is 284 g/mol. The Morgan fingerprint density at radius 2 is 2.09 bits per heavy atom. The lowest BCUT2D eigenvalue weighted by atomic mass is 10.1. The van der Waals surface area contributed by atoms with E-state index in [9.17, 15) is 4.79 Å². The smallest absolute Gasteiger partial charge is 0.337 e. The van der Waals surface area contributed by atoms with Crippen LogP contribution in [0, 0.1) is 0 Å². The minimum absolute atomic E-state index is 0.368. The van der Waals surface area contributed by atoms with Gasteiger partial charge < -0.3 is 4.74 Å². The van der Waals surface area contributed by atoms with Gasteiger partial charge in [0, 0.05) is 0 Å². The number of hydrazone groups is 1. The molecule has 0 radical (unpaired) electrons. The van der Waals surface area contributed by atoms with E-state index in [0.717, 1.165) is 5.56 Å². The SMILES string of the molecule is COC(=O)c1ccc(C=NNc2ccc3nncn3n2)cc1. The number of hydrogen-bond donors (Lipinski definition) is 1. The second-order valence-electron chi connectivity index (χ2n) is 4.34. The van der Waals surface area contributed by atoms with Crippen LogP contribution >= 0.6 is 0 Å². The van der Waals surface area contributed by atoms with Crippen molar-refractivity contribution >= 4 is 23.6 Å². The number of rotatable bonds is 4. The summed E-state index contributed by atoms with van der Waals surface area (Å²) in [7, 11) is 1.35. The van der Waals surface area contributed by atoms with Crippen molar-refractivity contribution in [2.75, 3.05) is 12.5 Å². The van der Waals surface area contributed by atoms with Crippen LogP contribution in [-0.4, -0.2) is 39.1 Å². The van der Waals surface area contributed by atoms with Crippen molar-refractivity contribution in [3.63, 3.8) is 0 Å². The van der Waals surface area contributed by atoms with Crippen molar-refractivity contribution in [3.05, 3.63) is 53.9 Å². The lowest BCUT2D eigenvalue weighted by Gasteiger charge is -2.00. The third-order valence-corrected chi connectivity index (χ3v) is 2.89. The van der Waals surface area contributed by atoms with Crippen LogP contribution in [0.5, 0.6) is 0 Å². The van der Waals surface area contributed by atoms with Crippen LogP contribution in [0.25, 0.3) is 5.65 Å². The van der Waals surface area contributed by atoms with Gasteiger partial charge in [-0.1, -0.05) is 12.1 Å². The molecule has 2 aromatic heterocycles. The summed E-state index contributed by atoms with van der Waals surface area (Å²) in [4.78, 5) is 11.3. The van der Waals surface area contributed by atoms with Gasteiger partial charge in [0.25, 0.3) is 0 Å². The fraction of sp³-hybridized carbons (Fsp3) is 0.0714. The topological polar surface area (TPSA) is 93.8 Å². The summed E-state index contributed by atoms with van der Waals surface area (Å²) in [6, 6.07) is 10.4. The quantitative estimate of drug-likeness (QED) is 0.444. The predicted molar refractivity (Wildman–Crippen MR) is 79.8 cm³/mol. The van der Waals surface area contributed by atoms with E-state index in [2.05, 4.69) is 30.6 Å². The summed E-state index contributed by atoms with van der Waals surface area (Å²) < 4.78 is 6.18. The van der Waals surface area contributed by atoms with Crippen molar-refractivity contribution in [3.8, 4) is 0 Å². The molecule has 8 nitrogen and oxygen atoms in total. The van der Waals surface area contributed by atoms with Crippen LogP contribution < -0.4 is 5.43 Å². The summed E-state index contributed by atoms with van der Waals surface area (Å²) in [5.41, 5.74) is 4.81. The number of hydrogen-bond acceptors (Lipinski definition) is 7. The highest BCUT2D eigenvalue weighted by Crippen LogP contribution is 2.06. The first-order chi connectivity index (χ1) is 10.8. The number of anilines is 1. The van der Waals surface area contributed by atoms with Crippen molar-refractivity contribution in [2.24, 2.45) is 5.10 Å². The summed E-state index contributed by atoms with van der Waals surface area (Å²) in [5, 5.41) is 15.9. The number of ether oxygens (including phenoxy) is 1. The van der Waals surface area contributed by atoms with Gasteiger partial charge in [-0.3, -0.25) is 5.43 Å². The molecule has 0 amide bonds. The van der Waals surface area contributed by atoms with Crippen molar-refractivity contribution in [1.82, 2.24) is 19.8 Å². The van der Waals surface area contributed by atoms with E-state index in [4.69, 9.17) is 0 Å². The maximum atomic E-state index is 11.3. The monoisotopic (exact) mass is 296 g/mol. The highest BCUT2D eigenvalue weighted by molar-refractivity contribution is 5.90. The highest BCUT2D eigenvalue weighted by atomic mass is 16.5. The molecule has 0 saturated heterocycles. The summed E-state index contributed by atoms with van der Waals surface area (Å²) in [5.74, 6) is 0.197. The van der Waals surface area contributed by atoms with E-state index >= 15 is 0 Å². The molecule has 3 aromatic rings. The number of esters is 1. The maximum Gasteiger partial charge on any atom is 0.337 e. The molecule has 0 aliphatic heterocycles. The molecule has 2 heterocycles. The fourth-order valence-electron chi connectivity index (χ4n) is 1.78. The minimum Gasteiger partial charge on any atom is -0.465 e. The third-order valence-electron chi connectivity index (χ3n) is 2.89. The van der Waals surface area contributed by atoms with E-state index in [-0.39, 0.29) is 5.97 Å². The second kappa shape index (κ2) is 6.00. The third kappa shape index (κ3) is 2.90. The van der Waals surface area contributed by atoms with Crippen LogP contribution in [0.3, 0.4) is 0 Å². The number of nitrogens with one attached hydrogen (secondary N) is 1. The Morgan fingerprint density at radius 1 is 1.27 bits per heavy atom. The Bertz CT molecular complexity index is 825. The molecule has 0 aliphatic carbocycles. The molecular formula is C14H12N6O2. The number of carbonyl (C=O) groups is 1. The van der Waals surface area contributed by atoms with Crippen molar-refractivity contribution in [2.45, 2.75) is 0 Å². The summed E-state index contributed by atoms with van der Waals surface area (Å²) in [6.45, 7) is 0. The summed E-state index contributed by atoms with van der Waals surface area (Å²) >= 11 is 0. The molecule has 0 fully saturated rings. The molecule has 22 heavy (non-hydrogen) atoms. The first-order valence-electron chi connectivity index (χ1n) is 6.41. The Balaban J connectivity index is 1.67. The Kier molecular flexibility index (Phi) is 3.73. The lowest BCUT2D eigenvalue weighted by molar-refractivity contribution is 0.0600. The van der Waals surface area contributed by atoms with Gasteiger partial charge in [-0.25, -0.2) is 4.79 Å². The van der Waals surface area contributed by atoms with Crippen LogP contribution in [0.2, 0.25) is 0 Å². The second-order valence-corrected chi connectivity index (χ2v) is 4.34. The number of nitrogens with zero attached hydrogens (tertiary/aromatic N) is 5. The molecule has 0 atom stereocenters. The maximum absolute atomic E-state index is 11.3. The van der Waals surface area contributed by atoms with Gasteiger partial charge in [-0.2, -0.15) is 9.62 Å². The lowest BCUT2D eigenvalue weighted by Crippen LogP contribution is -2.01. The average molecular weight is 296 g/mol. The summed E-state index contributed by atoms with van der Waals surface area (Å²) in [6.07, 6.45) is 3.13. The molecule has 0 aliphatic rings. The molecule has 0 unspecified atom stereocenters. The van der Waals surface area contributed by atoms with Crippen LogP contribution in [0.4, 0.5) is 5.82 Å². The van der Waals surface area contributed by atoms with Crippen LogP contribution in [0.1, 0.15) is 15.9 Å². The molecule has 8 heteroatoms. The molecule has 0 saturated carbocycles. The van der Waals surface area contributed by atoms with Crippen molar-refractivity contribution in [1.29, 1.82) is 0 Å². The fourth-order valence-corrected chi connectivity index (χ4v) is 1.78. The standard InChI is InChI=1S/C14H12N6O2/c1-22-14(21)11-4-2-10(3-5-11)8-15-17-12-6-7-13-18-16-9-20(13)19-12/h2-9H,1H3,(H,17,19). The minimum atomic E-state index is -0.368. The predicted octanol–water partition coefficient (Wildman–Crippen LogP) is 1.36. The van der Waals surface area contributed by atoms with Gasteiger partial charge in [-0.05, 0) is 29.8 Å². The van der Waals surface area contributed by atoms with E-state index in [1.54, 1.807) is 47.1 Å². The highest BCUT2D eigenvalue weighted by Gasteiger charge is 2.03. The largest absolute Gasteiger partial charge is 0.465 e. The van der Waals surface area contributed by atoms with Gasteiger partial charge in [0.2, 0.25) is 0 Å². The molecule has 1 N–H and O–H groups in total. The van der Waals surface area contributed by atoms with E-state index in [0.29, 0.717) is 17.0 Å². The Labute approximate surface area is 125 Å². The van der Waals surface area contributed by atoms with Gasteiger partial charge in [-0.15, -0.1) is 15.3 Å². The van der Waals surface area contributed by atoms with E-state index in [1.807, 2.05) is 0 Å². The van der Waals surface area contributed by atoms with Gasteiger partial charge in [0.05, 0.1) is 18.9 Å². The van der Waals surface area contributed by atoms with Crippen LogP contribution in [0.15, 0.2) is 47.8 Å². The molecule has 110 valence electrons. The number of carbonyl (C=O) groups excluding carboxylic acids is 1. The Morgan fingerprint density at radius 3 is 2.86 bits per heavy atom. The zero-order chi connectivity index (χ0) is 15.4. The normalized spacial score (nSPS) is 11.0.